The first-order chi connectivity index (χ1) is 18.2. The highest BCUT2D eigenvalue weighted by atomic mass is 35.5. The summed E-state index contributed by atoms with van der Waals surface area (Å²) in [6, 6.07) is 36.2. The molecule has 0 unspecified atom stereocenters. The molecule has 0 aliphatic carbocycles. The number of rotatable bonds is 6. The minimum Gasteiger partial charge on any atom is -0.311 e. The predicted molar refractivity (Wildman–Crippen MR) is 152 cm³/mol. The van der Waals surface area contributed by atoms with Gasteiger partial charge >= 0.3 is 0 Å². The summed E-state index contributed by atoms with van der Waals surface area (Å²) in [6.07, 6.45) is 0. The van der Waals surface area contributed by atoms with E-state index in [2.05, 4.69) is 39.6 Å². The van der Waals surface area contributed by atoms with Crippen molar-refractivity contribution in [3.8, 4) is 22.5 Å². The van der Waals surface area contributed by atoms with E-state index in [1.165, 1.54) is 5.56 Å². The first kappa shape index (κ1) is 23.2. The standard InChI is InChI=1S/C30H22ClN5S/c31-24-17-15-22(16-18-24)27-20-37-30(36(27)19-21-9-3-1-4-10-21)35-34-29-28(23-11-5-2-6-12-23)32-25-13-7-8-14-26(25)33-29/h1-18,20H,19H2,(H,33,34)/b35-30+. The maximum atomic E-state index is 6.15. The molecule has 0 aliphatic heterocycles. The lowest BCUT2D eigenvalue weighted by molar-refractivity contribution is 0.773. The summed E-state index contributed by atoms with van der Waals surface area (Å²) >= 11 is 7.72. The van der Waals surface area contributed by atoms with E-state index in [-0.39, 0.29) is 0 Å². The highest BCUT2D eigenvalue weighted by Crippen LogP contribution is 2.27. The first-order valence-electron chi connectivity index (χ1n) is 11.8. The molecule has 4 aromatic carbocycles. The monoisotopic (exact) mass is 519 g/mol. The van der Waals surface area contributed by atoms with E-state index in [1.54, 1.807) is 11.3 Å². The molecule has 0 bridgehead atoms. The zero-order valence-electron chi connectivity index (χ0n) is 19.8. The van der Waals surface area contributed by atoms with Crippen LogP contribution in [0.25, 0.3) is 33.5 Å². The van der Waals surface area contributed by atoms with Gasteiger partial charge in [0.2, 0.25) is 4.80 Å². The highest BCUT2D eigenvalue weighted by Gasteiger charge is 2.12. The molecule has 0 aliphatic rings. The molecule has 6 rings (SSSR count). The fourth-order valence-corrected chi connectivity index (χ4v) is 5.16. The van der Waals surface area contributed by atoms with Gasteiger partial charge in [0.1, 0.15) is 5.69 Å². The van der Waals surface area contributed by atoms with E-state index in [4.69, 9.17) is 26.7 Å². The van der Waals surface area contributed by atoms with Gasteiger partial charge in [0, 0.05) is 16.0 Å². The van der Waals surface area contributed by atoms with Crippen LogP contribution < -0.4 is 10.2 Å². The Morgan fingerprint density at radius 3 is 2.11 bits per heavy atom. The third-order valence-electron chi connectivity index (χ3n) is 6.00. The van der Waals surface area contributed by atoms with Crippen LogP contribution in [0.5, 0.6) is 0 Å². The molecule has 5 nitrogen and oxygen atoms in total. The van der Waals surface area contributed by atoms with E-state index >= 15 is 0 Å². The average molecular weight is 520 g/mol. The zero-order valence-corrected chi connectivity index (χ0v) is 21.3. The van der Waals surface area contributed by atoms with Crippen LogP contribution in [0.4, 0.5) is 5.82 Å². The van der Waals surface area contributed by atoms with E-state index in [1.807, 2.05) is 84.9 Å². The molecule has 0 saturated heterocycles. The number of anilines is 1. The van der Waals surface area contributed by atoms with Gasteiger partial charge in [-0.2, -0.15) is 0 Å². The summed E-state index contributed by atoms with van der Waals surface area (Å²) < 4.78 is 2.20. The number of hydrogen-bond donors (Lipinski definition) is 1. The number of para-hydroxylation sites is 2. The van der Waals surface area contributed by atoms with Gasteiger partial charge in [-0.15, -0.1) is 16.4 Å². The number of halogens is 1. The lowest BCUT2D eigenvalue weighted by Crippen LogP contribution is -2.19. The van der Waals surface area contributed by atoms with Crippen molar-refractivity contribution < 1.29 is 0 Å². The molecule has 0 atom stereocenters. The highest BCUT2D eigenvalue weighted by molar-refractivity contribution is 7.07. The molecule has 7 heteroatoms. The second-order valence-corrected chi connectivity index (χ2v) is 9.75. The van der Waals surface area contributed by atoms with Crippen molar-refractivity contribution in [2.45, 2.75) is 6.54 Å². The third-order valence-corrected chi connectivity index (χ3v) is 7.11. The number of aromatic nitrogens is 3. The Morgan fingerprint density at radius 1 is 0.730 bits per heavy atom. The summed E-state index contributed by atoms with van der Waals surface area (Å²) in [5.74, 6) is 0.609. The van der Waals surface area contributed by atoms with E-state index in [9.17, 15) is 0 Å². The Balaban J connectivity index is 1.46. The smallest absolute Gasteiger partial charge is 0.209 e. The normalized spacial score (nSPS) is 11.6. The topological polar surface area (TPSA) is 55.1 Å². The van der Waals surface area contributed by atoms with Crippen molar-refractivity contribution >= 4 is 39.8 Å². The van der Waals surface area contributed by atoms with Gasteiger partial charge in [-0.1, -0.05) is 96.5 Å². The van der Waals surface area contributed by atoms with Crippen molar-refractivity contribution in [2.24, 2.45) is 5.10 Å². The Hall–Kier alpha value is -4.26. The molecule has 0 amide bonds. The minimum atomic E-state index is 0.609. The third kappa shape index (κ3) is 5.03. The lowest BCUT2D eigenvalue weighted by Gasteiger charge is -2.11. The molecule has 180 valence electrons. The maximum absolute atomic E-state index is 6.15. The number of hydrogen-bond acceptors (Lipinski definition) is 5. The van der Waals surface area contributed by atoms with Crippen LogP contribution in [0.1, 0.15) is 5.56 Å². The van der Waals surface area contributed by atoms with Crippen LogP contribution in [-0.4, -0.2) is 14.5 Å². The molecule has 0 radical (unpaired) electrons. The van der Waals surface area contributed by atoms with E-state index < -0.39 is 0 Å². The van der Waals surface area contributed by atoms with Gasteiger partial charge < -0.3 is 4.57 Å². The summed E-state index contributed by atoms with van der Waals surface area (Å²) in [5, 5.41) is 7.67. The van der Waals surface area contributed by atoms with Crippen molar-refractivity contribution in [3.05, 3.63) is 130 Å². The number of fused-ring (bicyclic) bond motifs is 1. The number of nitrogens with zero attached hydrogens (tertiary/aromatic N) is 4. The van der Waals surface area contributed by atoms with Crippen LogP contribution in [-0.2, 0) is 6.54 Å². The van der Waals surface area contributed by atoms with Crippen LogP contribution in [0, 0.1) is 0 Å². The largest absolute Gasteiger partial charge is 0.311 e. The fraction of sp³-hybridized carbons (Fsp3) is 0.0333. The van der Waals surface area contributed by atoms with Crippen LogP contribution in [0.3, 0.4) is 0 Å². The van der Waals surface area contributed by atoms with Gasteiger partial charge in [-0.25, -0.2) is 9.97 Å². The van der Waals surface area contributed by atoms with Crippen LogP contribution >= 0.6 is 22.9 Å². The van der Waals surface area contributed by atoms with Gasteiger partial charge in [-0.3, -0.25) is 5.43 Å². The predicted octanol–water partition coefficient (Wildman–Crippen LogP) is 7.46. The SMILES string of the molecule is Clc1ccc(-c2cs/c(=N/Nc3nc4ccccc4nc3-c3ccccc3)n2Cc2ccccc2)cc1. The Labute approximate surface area is 223 Å². The van der Waals surface area contributed by atoms with Crippen LogP contribution in [0.15, 0.2) is 120 Å². The van der Waals surface area contributed by atoms with E-state index in [0.717, 1.165) is 38.3 Å². The zero-order chi connectivity index (χ0) is 25.0. The quantitative estimate of drug-likeness (QED) is 0.232. The second-order valence-electron chi connectivity index (χ2n) is 8.48. The van der Waals surface area contributed by atoms with Gasteiger partial charge in [-0.05, 0) is 35.4 Å². The van der Waals surface area contributed by atoms with Gasteiger partial charge in [0.05, 0.1) is 23.3 Å². The second kappa shape index (κ2) is 10.4. The average Bonchev–Trinajstić information content (AvgIpc) is 3.35. The van der Waals surface area contributed by atoms with Crippen molar-refractivity contribution in [2.75, 3.05) is 5.43 Å². The summed E-state index contributed by atoms with van der Waals surface area (Å²) in [5.41, 5.74) is 9.96. The molecular formula is C30H22ClN5S. The van der Waals surface area contributed by atoms with Gasteiger partial charge in [0.25, 0.3) is 0 Å². The summed E-state index contributed by atoms with van der Waals surface area (Å²) in [7, 11) is 0. The number of nitrogens with one attached hydrogen (secondary N) is 1. The molecule has 0 spiro atoms. The molecule has 6 aromatic rings. The Bertz CT molecular complexity index is 1730. The number of thiazole rings is 1. The molecule has 0 saturated carbocycles. The summed E-state index contributed by atoms with van der Waals surface area (Å²) in [4.78, 5) is 10.6. The van der Waals surface area contributed by atoms with Crippen molar-refractivity contribution in [3.63, 3.8) is 0 Å². The minimum absolute atomic E-state index is 0.609. The maximum Gasteiger partial charge on any atom is 0.209 e. The molecule has 1 N–H and O–H groups in total. The lowest BCUT2D eigenvalue weighted by atomic mass is 10.1. The first-order valence-corrected chi connectivity index (χ1v) is 13.1. The number of benzene rings is 4. The van der Waals surface area contributed by atoms with E-state index in [0.29, 0.717) is 17.4 Å². The molecule has 0 fully saturated rings. The molecule has 2 aromatic heterocycles. The molecule has 2 heterocycles. The fourth-order valence-electron chi connectivity index (χ4n) is 4.16. The molecular weight excluding hydrogens is 498 g/mol. The van der Waals surface area contributed by atoms with Gasteiger partial charge in [0.15, 0.2) is 5.82 Å². The van der Waals surface area contributed by atoms with Crippen molar-refractivity contribution in [1.29, 1.82) is 0 Å². The van der Waals surface area contributed by atoms with Crippen molar-refractivity contribution in [1.82, 2.24) is 14.5 Å². The summed E-state index contributed by atoms with van der Waals surface area (Å²) in [6.45, 7) is 0.678. The van der Waals surface area contributed by atoms with Crippen LogP contribution in [0.2, 0.25) is 5.02 Å². The Morgan fingerprint density at radius 2 is 1.38 bits per heavy atom. The Kier molecular flexibility index (Phi) is 6.50. The molecule has 37 heavy (non-hydrogen) atoms.